The molecule has 0 aromatic heterocycles. The average molecular weight is 563 g/mol. The molecule has 7 nitrogen and oxygen atoms in total. The summed E-state index contributed by atoms with van der Waals surface area (Å²) in [5, 5.41) is 3.56. The van der Waals surface area contributed by atoms with Crippen LogP contribution < -0.4 is 9.62 Å². The second-order valence-electron chi connectivity index (χ2n) is 8.67. The number of hydrogen-bond donors (Lipinski definition) is 1. The second kappa shape index (κ2) is 12.4. The van der Waals surface area contributed by atoms with Gasteiger partial charge in [0.05, 0.1) is 11.9 Å². The zero-order chi connectivity index (χ0) is 27.2. The molecule has 1 unspecified atom stereocenters. The summed E-state index contributed by atoms with van der Waals surface area (Å²) in [5.74, 6) is -0.906. The highest BCUT2D eigenvalue weighted by atomic mass is 35.5. The molecule has 0 spiro atoms. The number of aryl methyl sites for hydroxylation is 1. The molecule has 37 heavy (non-hydrogen) atoms. The lowest BCUT2D eigenvalue weighted by molar-refractivity contribution is -0.139. The monoisotopic (exact) mass is 561 g/mol. The number of carbonyl (C=O) groups is 2. The molecular formula is C27H29Cl2N3O4S. The van der Waals surface area contributed by atoms with Gasteiger partial charge in [0.1, 0.15) is 12.6 Å². The van der Waals surface area contributed by atoms with Gasteiger partial charge in [-0.1, -0.05) is 71.7 Å². The molecule has 0 heterocycles. The highest BCUT2D eigenvalue weighted by Crippen LogP contribution is 2.26. The molecule has 3 rings (SSSR count). The van der Waals surface area contributed by atoms with Crippen molar-refractivity contribution in [2.24, 2.45) is 0 Å². The summed E-state index contributed by atoms with van der Waals surface area (Å²) in [7, 11) is -2.35. The summed E-state index contributed by atoms with van der Waals surface area (Å²) in [6.45, 7) is 1.37. The van der Waals surface area contributed by atoms with Crippen LogP contribution in [-0.2, 0) is 32.6 Å². The summed E-state index contributed by atoms with van der Waals surface area (Å²) in [4.78, 5) is 28.3. The molecule has 196 valence electrons. The minimum atomic E-state index is -3.86. The second-order valence-corrected chi connectivity index (χ2v) is 11.4. The van der Waals surface area contributed by atoms with Crippen LogP contribution in [0.25, 0.3) is 0 Å². The Morgan fingerprint density at radius 3 is 2.16 bits per heavy atom. The fourth-order valence-electron chi connectivity index (χ4n) is 3.86. The number of sulfonamides is 1. The molecule has 0 fully saturated rings. The maximum atomic E-state index is 13.8. The number of rotatable bonds is 10. The van der Waals surface area contributed by atoms with E-state index in [1.54, 1.807) is 43.3 Å². The first kappa shape index (κ1) is 28.5. The molecular weight excluding hydrogens is 533 g/mol. The van der Waals surface area contributed by atoms with E-state index in [0.29, 0.717) is 10.0 Å². The molecule has 3 aromatic rings. The average Bonchev–Trinajstić information content (AvgIpc) is 2.87. The van der Waals surface area contributed by atoms with Gasteiger partial charge in [-0.2, -0.15) is 0 Å². The van der Waals surface area contributed by atoms with Gasteiger partial charge in [0.15, 0.2) is 0 Å². The number of anilines is 1. The van der Waals surface area contributed by atoms with Gasteiger partial charge >= 0.3 is 0 Å². The van der Waals surface area contributed by atoms with E-state index in [4.69, 9.17) is 23.2 Å². The molecule has 0 aliphatic carbocycles. The Kier molecular flexibility index (Phi) is 9.59. The van der Waals surface area contributed by atoms with Gasteiger partial charge in [0.25, 0.3) is 0 Å². The zero-order valence-electron chi connectivity index (χ0n) is 20.8. The van der Waals surface area contributed by atoms with Crippen molar-refractivity contribution in [2.75, 3.05) is 24.2 Å². The van der Waals surface area contributed by atoms with E-state index < -0.39 is 28.5 Å². The van der Waals surface area contributed by atoms with Gasteiger partial charge in [0, 0.05) is 30.1 Å². The molecule has 2 amide bonds. The van der Waals surface area contributed by atoms with Crippen LogP contribution in [-0.4, -0.2) is 51.0 Å². The van der Waals surface area contributed by atoms with Crippen molar-refractivity contribution in [3.8, 4) is 0 Å². The number of halogens is 2. The van der Waals surface area contributed by atoms with Crippen LogP contribution in [0.2, 0.25) is 10.0 Å². The van der Waals surface area contributed by atoms with Gasteiger partial charge in [0.2, 0.25) is 21.8 Å². The van der Waals surface area contributed by atoms with Crippen molar-refractivity contribution in [3.05, 3.63) is 99.5 Å². The number of nitrogens with zero attached hydrogens (tertiary/aromatic N) is 2. The van der Waals surface area contributed by atoms with E-state index in [1.165, 1.54) is 18.0 Å². The topological polar surface area (TPSA) is 86.8 Å². The van der Waals surface area contributed by atoms with Gasteiger partial charge in [-0.15, -0.1) is 0 Å². The molecule has 0 aliphatic rings. The van der Waals surface area contributed by atoms with E-state index in [-0.39, 0.29) is 24.6 Å². The predicted octanol–water partition coefficient (Wildman–Crippen LogP) is 4.45. The van der Waals surface area contributed by atoms with E-state index in [1.807, 2.05) is 30.3 Å². The fourth-order valence-corrected chi connectivity index (χ4v) is 5.00. The van der Waals surface area contributed by atoms with Crippen LogP contribution in [0, 0.1) is 6.92 Å². The van der Waals surface area contributed by atoms with Crippen molar-refractivity contribution in [2.45, 2.75) is 25.9 Å². The van der Waals surface area contributed by atoms with E-state index in [0.717, 1.165) is 27.3 Å². The lowest BCUT2D eigenvalue weighted by Crippen LogP contribution is -2.52. The first-order valence-electron chi connectivity index (χ1n) is 11.5. The Morgan fingerprint density at radius 1 is 0.946 bits per heavy atom. The van der Waals surface area contributed by atoms with Crippen LogP contribution in [0.5, 0.6) is 0 Å². The third-order valence-corrected chi connectivity index (χ3v) is 7.71. The van der Waals surface area contributed by atoms with Gasteiger partial charge in [-0.05, 0) is 47.9 Å². The Morgan fingerprint density at radius 2 is 1.59 bits per heavy atom. The zero-order valence-corrected chi connectivity index (χ0v) is 23.1. The molecule has 0 radical (unpaired) electrons. The highest BCUT2D eigenvalue weighted by molar-refractivity contribution is 7.92. The first-order chi connectivity index (χ1) is 17.5. The first-order valence-corrected chi connectivity index (χ1v) is 14.1. The molecule has 1 atom stereocenters. The third-order valence-electron chi connectivity index (χ3n) is 5.91. The summed E-state index contributed by atoms with van der Waals surface area (Å²) in [5.41, 5.74) is 2.63. The SMILES string of the molecule is CNC(=O)C(Cc1ccccc1)N(Cc1ccc(Cl)cc1)C(=O)CN(c1ccc(C)c(Cl)c1)S(C)(=O)=O. The van der Waals surface area contributed by atoms with Crippen molar-refractivity contribution in [3.63, 3.8) is 0 Å². The van der Waals surface area contributed by atoms with Crippen molar-refractivity contribution < 1.29 is 18.0 Å². The van der Waals surface area contributed by atoms with Gasteiger partial charge in [-0.3, -0.25) is 13.9 Å². The molecule has 1 N–H and O–H groups in total. The Hall–Kier alpha value is -3.07. The lowest BCUT2D eigenvalue weighted by atomic mass is 10.0. The quantitative estimate of drug-likeness (QED) is 0.396. The van der Waals surface area contributed by atoms with Crippen LogP contribution in [0.3, 0.4) is 0 Å². The largest absolute Gasteiger partial charge is 0.357 e. The van der Waals surface area contributed by atoms with Crippen LogP contribution in [0.4, 0.5) is 5.69 Å². The summed E-state index contributed by atoms with van der Waals surface area (Å²) < 4.78 is 26.5. The summed E-state index contributed by atoms with van der Waals surface area (Å²) in [6.07, 6.45) is 1.27. The van der Waals surface area contributed by atoms with Crippen LogP contribution in [0.1, 0.15) is 16.7 Å². The maximum absolute atomic E-state index is 13.8. The number of benzene rings is 3. The van der Waals surface area contributed by atoms with E-state index in [9.17, 15) is 18.0 Å². The maximum Gasteiger partial charge on any atom is 0.244 e. The van der Waals surface area contributed by atoms with Gasteiger partial charge in [-0.25, -0.2) is 8.42 Å². The number of carbonyl (C=O) groups excluding carboxylic acids is 2. The molecule has 3 aromatic carbocycles. The smallest absolute Gasteiger partial charge is 0.244 e. The van der Waals surface area contributed by atoms with Crippen LogP contribution >= 0.6 is 23.2 Å². The fraction of sp³-hybridized carbons (Fsp3) is 0.259. The molecule has 0 bridgehead atoms. The van der Waals surface area contributed by atoms with Crippen LogP contribution in [0.15, 0.2) is 72.8 Å². The van der Waals surface area contributed by atoms with E-state index in [2.05, 4.69) is 5.32 Å². The minimum absolute atomic E-state index is 0.0766. The molecule has 0 saturated carbocycles. The van der Waals surface area contributed by atoms with E-state index >= 15 is 0 Å². The third kappa shape index (κ3) is 7.71. The number of amides is 2. The lowest BCUT2D eigenvalue weighted by Gasteiger charge is -2.33. The van der Waals surface area contributed by atoms with Crippen molar-refractivity contribution in [1.82, 2.24) is 10.2 Å². The van der Waals surface area contributed by atoms with Gasteiger partial charge < -0.3 is 10.2 Å². The molecule has 10 heteroatoms. The Balaban J connectivity index is 2.03. The van der Waals surface area contributed by atoms with Crippen molar-refractivity contribution >= 4 is 50.7 Å². The summed E-state index contributed by atoms with van der Waals surface area (Å²) >= 11 is 12.3. The molecule has 0 saturated heterocycles. The minimum Gasteiger partial charge on any atom is -0.357 e. The standard InChI is InChI=1S/C27H29Cl2N3O4S/c1-19-9-14-23(16-24(19)29)32(37(3,35)36)18-26(33)31(17-21-10-12-22(28)13-11-21)25(27(34)30-2)15-20-7-5-4-6-8-20/h4-14,16,25H,15,17-18H2,1-3H3,(H,30,34). The number of hydrogen-bond acceptors (Lipinski definition) is 4. The number of likely N-dealkylation sites (N-methyl/N-ethyl adjacent to an activating group) is 1. The predicted molar refractivity (Wildman–Crippen MR) is 148 cm³/mol. The highest BCUT2D eigenvalue weighted by Gasteiger charge is 2.32. The molecule has 0 aliphatic heterocycles. The number of nitrogens with one attached hydrogen (secondary N) is 1. The Labute approximate surface area is 228 Å². The normalized spacial score (nSPS) is 12.0. The Bertz CT molecular complexity index is 1350. The summed E-state index contributed by atoms with van der Waals surface area (Å²) in [6, 6.07) is 20.1. The van der Waals surface area contributed by atoms with Crippen molar-refractivity contribution in [1.29, 1.82) is 0 Å².